The van der Waals surface area contributed by atoms with E-state index in [0.717, 1.165) is 23.2 Å². The SMILES string of the molecule is CC1(C)[C@@H]2Cc3cc(-c4cc5c(cn4)[C@@H]4C[C@H](C5)C4(C)C)ncc3[C@H]1C2. The second-order valence-electron chi connectivity index (χ2n) is 10.6. The number of nitrogens with zero attached hydrogens (tertiary/aromatic N) is 2. The Morgan fingerprint density at radius 3 is 1.54 bits per heavy atom. The third-order valence-electron chi connectivity index (χ3n) is 8.94. The predicted molar refractivity (Wildman–Crippen MR) is 104 cm³/mol. The molecule has 0 radical (unpaired) electrons. The first-order valence-electron chi connectivity index (χ1n) is 10.3. The standard InChI is InChI=1S/C24H28N2/c1-23(2)15-5-13-7-21(25-11-17(13)19(23)9-15)22-8-14-6-16-10-20(24(16,3)4)18(14)12-26-22/h7-8,11-12,15-16,19-20H,5-6,9-10H2,1-4H3/t15-,16+,19-,20+. The minimum absolute atomic E-state index is 0.466. The summed E-state index contributed by atoms with van der Waals surface area (Å²) in [6.45, 7) is 9.72. The van der Waals surface area contributed by atoms with Crippen LogP contribution in [0.25, 0.3) is 11.4 Å². The number of hydrogen-bond acceptors (Lipinski definition) is 2. The molecule has 4 bridgehead atoms. The summed E-state index contributed by atoms with van der Waals surface area (Å²) in [5.41, 5.74) is 9.14. The van der Waals surface area contributed by atoms with Crippen LogP contribution in [0.3, 0.4) is 0 Å². The maximum atomic E-state index is 4.85. The van der Waals surface area contributed by atoms with Crippen molar-refractivity contribution in [3.8, 4) is 11.4 Å². The lowest BCUT2D eigenvalue weighted by Crippen LogP contribution is -2.48. The highest BCUT2D eigenvalue weighted by molar-refractivity contribution is 5.59. The van der Waals surface area contributed by atoms with Gasteiger partial charge in [0.1, 0.15) is 0 Å². The Hall–Kier alpha value is -1.70. The molecule has 2 heteroatoms. The van der Waals surface area contributed by atoms with Gasteiger partial charge in [0.15, 0.2) is 0 Å². The average molecular weight is 345 g/mol. The molecule has 0 spiro atoms. The van der Waals surface area contributed by atoms with Crippen LogP contribution in [0.15, 0.2) is 24.5 Å². The number of hydrogen-bond donors (Lipinski definition) is 0. The second-order valence-corrected chi connectivity index (χ2v) is 10.6. The fourth-order valence-electron chi connectivity index (χ4n) is 6.59. The van der Waals surface area contributed by atoms with Crippen LogP contribution in [0, 0.1) is 22.7 Å². The van der Waals surface area contributed by atoms with Crippen molar-refractivity contribution in [2.75, 3.05) is 0 Å². The van der Waals surface area contributed by atoms with Crippen LogP contribution in [0.2, 0.25) is 0 Å². The van der Waals surface area contributed by atoms with Crippen molar-refractivity contribution in [1.82, 2.24) is 9.97 Å². The molecule has 0 unspecified atom stereocenters. The number of aromatic nitrogens is 2. The van der Waals surface area contributed by atoms with E-state index in [1.54, 1.807) is 0 Å². The van der Waals surface area contributed by atoms with Gasteiger partial charge in [-0.15, -0.1) is 0 Å². The van der Waals surface area contributed by atoms with E-state index in [4.69, 9.17) is 9.97 Å². The van der Waals surface area contributed by atoms with Crippen molar-refractivity contribution in [2.45, 2.75) is 65.2 Å². The van der Waals surface area contributed by atoms with Gasteiger partial charge in [0.25, 0.3) is 0 Å². The van der Waals surface area contributed by atoms with E-state index in [-0.39, 0.29) is 0 Å². The van der Waals surface area contributed by atoms with E-state index in [0.29, 0.717) is 22.7 Å². The van der Waals surface area contributed by atoms with Gasteiger partial charge in [-0.1, -0.05) is 27.7 Å². The molecule has 2 nitrogen and oxygen atoms in total. The van der Waals surface area contributed by atoms with E-state index in [1.165, 1.54) is 47.9 Å². The summed E-state index contributed by atoms with van der Waals surface area (Å²) in [6, 6.07) is 4.68. The Morgan fingerprint density at radius 2 is 1.15 bits per heavy atom. The molecule has 2 aromatic heterocycles. The lowest BCUT2D eigenvalue weighted by molar-refractivity contribution is 0.0182. The molecule has 4 atom stereocenters. The first-order valence-corrected chi connectivity index (χ1v) is 10.3. The third-order valence-corrected chi connectivity index (χ3v) is 8.94. The summed E-state index contributed by atoms with van der Waals surface area (Å²) in [6.07, 6.45) is 9.48. The largest absolute Gasteiger partial charge is 0.254 e. The fraction of sp³-hybridized carbons (Fsp3) is 0.583. The number of pyridine rings is 2. The van der Waals surface area contributed by atoms with Gasteiger partial charge in [-0.05, 0) is 94.6 Å². The average Bonchev–Trinajstić information content (AvgIpc) is 2.65. The van der Waals surface area contributed by atoms with Gasteiger partial charge in [-0.2, -0.15) is 0 Å². The van der Waals surface area contributed by atoms with Gasteiger partial charge in [-0.25, -0.2) is 0 Å². The number of rotatable bonds is 1. The first kappa shape index (κ1) is 15.4. The summed E-state index contributed by atoms with van der Waals surface area (Å²) >= 11 is 0. The van der Waals surface area contributed by atoms with E-state index < -0.39 is 0 Å². The Morgan fingerprint density at radius 1 is 0.731 bits per heavy atom. The van der Waals surface area contributed by atoms with Crippen molar-refractivity contribution in [1.29, 1.82) is 0 Å². The molecule has 0 saturated heterocycles. The minimum atomic E-state index is 0.466. The molecule has 6 aliphatic rings. The van der Waals surface area contributed by atoms with Crippen LogP contribution in [0.5, 0.6) is 0 Å². The Bertz CT molecular complexity index is 862. The third kappa shape index (κ3) is 1.74. The van der Waals surface area contributed by atoms with Crippen molar-refractivity contribution in [2.24, 2.45) is 22.7 Å². The maximum Gasteiger partial charge on any atom is 0.0889 e. The summed E-state index contributed by atoms with van der Waals surface area (Å²) in [7, 11) is 0. The molecule has 26 heavy (non-hydrogen) atoms. The van der Waals surface area contributed by atoms with Crippen LogP contribution >= 0.6 is 0 Å². The Kier molecular flexibility index (Phi) is 2.71. The molecule has 0 N–H and O–H groups in total. The van der Waals surface area contributed by atoms with Crippen molar-refractivity contribution >= 4 is 0 Å². The van der Waals surface area contributed by atoms with Gasteiger partial charge >= 0.3 is 0 Å². The topological polar surface area (TPSA) is 25.8 Å². The molecule has 0 aromatic carbocycles. The zero-order chi connectivity index (χ0) is 17.8. The van der Waals surface area contributed by atoms with Gasteiger partial charge < -0.3 is 0 Å². The summed E-state index contributed by atoms with van der Waals surface area (Å²) in [4.78, 5) is 9.70. The van der Waals surface area contributed by atoms with E-state index >= 15 is 0 Å². The minimum Gasteiger partial charge on any atom is -0.254 e. The highest BCUT2D eigenvalue weighted by atomic mass is 14.8. The van der Waals surface area contributed by atoms with Crippen LogP contribution in [0.1, 0.15) is 74.6 Å². The zero-order valence-corrected chi connectivity index (χ0v) is 16.3. The van der Waals surface area contributed by atoms with E-state index in [9.17, 15) is 0 Å². The Labute approximate surface area is 156 Å². The maximum absolute atomic E-state index is 4.85. The van der Waals surface area contributed by atoms with E-state index in [1.807, 2.05) is 0 Å². The van der Waals surface area contributed by atoms with Crippen LogP contribution in [-0.2, 0) is 12.8 Å². The van der Waals surface area contributed by atoms with Gasteiger partial charge in [0.05, 0.1) is 11.4 Å². The zero-order valence-electron chi connectivity index (χ0n) is 16.3. The lowest BCUT2D eigenvalue weighted by atomic mass is 9.47. The predicted octanol–water partition coefficient (Wildman–Crippen LogP) is 5.52. The molecule has 134 valence electrons. The molecular weight excluding hydrogens is 316 g/mol. The van der Waals surface area contributed by atoms with Crippen molar-refractivity contribution < 1.29 is 0 Å². The van der Waals surface area contributed by atoms with E-state index in [2.05, 4.69) is 52.2 Å². The molecule has 2 fully saturated rings. The van der Waals surface area contributed by atoms with Crippen LogP contribution in [-0.4, -0.2) is 9.97 Å². The summed E-state index contributed by atoms with van der Waals surface area (Å²) < 4.78 is 0. The summed E-state index contributed by atoms with van der Waals surface area (Å²) in [5.74, 6) is 3.12. The Balaban J connectivity index is 1.37. The normalized spacial score (nSPS) is 34.2. The van der Waals surface area contributed by atoms with Crippen molar-refractivity contribution in [3.05, 3.63) is 46.8 Å². The van der Waals surface area contributed by atoms with Gasteiger partial charge in [0, 0.05) is 12.4 Å². The smallest absolute Gasteiger partial charge is 0.0889 e. The second kappa shape index (κ2) is 4.58. The first-order chi connectivity index (χ1) is 12.4. The molecule has 2 aromatic rings. The molecular formula is C24H28N2. The fourth-order valence-corrected chi connectivity index (χ4v) is 6.59. The molecule has 8 rings (SSSR count). The quantitative estimate of drug-likeness (QED) is 0.681. The highest BCUT2D eigenvalue weighted by Crippen LogP contribution is 2.63. The lowest BCUT2D eigenvalue weighted by Gasteiger charge is -2.57. The highest BCUT2D eigenvalue weighted by Gasteiger charge is 2.53. The summed E-state index contributed by atoms with van der Waals surface area (Å²) in [5, 5.41) is 0. The molecule has 2 heterocycles. The molecule has 6 aliphatic carbocycles. The van der Waals surface area contributed by atoms with Gasteiger partial charge in [-0.3, -0.25) is 9.97 Å². The van der Waals surface area contributed by atoms with Crippen molar-refractivity contribution in [3.63, 3.8) is 0 Å². The van der Waals surface area contributed by atoms with Crippen LogP contribution < -0.4 is 0 Å². The molecule has 0 aliphatic heterocycles. The molecule has 0 amide bonds. The molecule has 2 saturated carbocycles. The van der Waals surface area contributed by atoms with Crippen LogP contribution in [0.4, 0.5) is 0 Å². The van der Waals surface area contributed by atoms with Gasteiger partial charge in [0.2, 0.25) is 0 Å². The monoisotopic (exact) mass is 344 g/mol.